The zero-order chi connectivity index (χ0) is 19.3. The fourth-order valence-electron chi connectivity index (χ4n) is 2.88. The monoisotopic (exact) mass is 458 g/mol. The molecule has 5 nitrogen and oxygen atoms in total. The molecule has 0 aliphatic heterocycles. The van der Waals surface area contributed by atoms with Crippen LogP contribution in [0.5, 0.6) is 0 Å². The van der Waals surface area contributed by atoms with Crippen LogP contribution in [0.3, 0.4) is 0 Å². The van der Waals surface area contributed by atoms with E-state index in [2.05, 4.69) is 31.3 Å². The second kappa shape index (κ2) is 6.59. The maximum absolute atomic E-state index is 13.1. The number of thiazole rings is 1. The normalized spacial score (nSPS) is 14.7. The lowest BCUT2D eigenvalue weighted by atomic mass is 10.2. The molecule has 0 bridgehead atoms. The molecule has 2 aromatic heterocycles. The second-order valence-corrected chi connectivity index (χ2v) is 8.34. The zero-order valence-corrected chi connectivity index (χ0v) is 16.5. The predicted octanol–water partition coefficient (Wildman–Crippen LogP) is 5.10. The lowest BCUT2D eigenvalue weighted by Gasteiger charge is -2.06. The number of benzene rings is 1. The van der Waals surface area contributed by atoms with Gasteiger partial charge in [-0.15, -0.1) is 0 Å². The van der Waals surface area contributed by atoms with Crippen LogP contribution < -0.4 is 5.32 Å². The van der Waals surface area contributed by atoms with Gasteiger partial charge in [0.15, 0.2) is 10.8 Å². The third-order valence-corrected chi connectivity index (χ3v) is 5.96. The third kappa shape index (κ3) is 3.73. The third-order valence-electron chi connectivity index (χ3n) is 4.25. The van der Waals surface area contributed by atoms with Crippen molar-refractivity contribution in [3.05, 3.63) is 39.6 Å². The highest BCUT2D eigenvalue weighted by Gasteiger charge is 2.41. The van der Waals surface area contributed by atoms with E-state index in [4.69, 9.17) is 0 Å². The van der Waals surface area contributed by atoms with Crippen LogP contribution in [-0.4, -0.2) is 20.7 Å². The molecule has 1 amide bonds. The van der Waals surface area contributed by atoms with Crippen molar-refractivity contribution >= 4 is 48.5 Å². The molecule has 1 aliphatic rings. The molecule has 1 saturated carbocycles. The Kier molecular flexibility index (Phi) is 4.50. The highest BCUT2D eigenvalue weighted by Crippen LogP contribution is 2.47. The SMILES string of the molecule is Cc1ccc2nc(NC(=O)Cn3nc(C(F)(F)F)c(Br)c3C3CC3)sc2c1. The summed E-state index contributed by atoms with van der Waals surface area (Å²) in [6.07, 6.45) is -2.99. The minimum Gasteiger partial charge on any atom is -0.300 e. The smallest absolute Gasteiger partial charge is 0.300 e. The Balaban J connectivity index is 1.57. The topological polar surface area (TPSA) is 59.8 Å². The van der Waals surface area contributed by atoms with E-state index in [1.54, 1.807) is 0 Å². The van der Waals surface area contributed by atoms with E-state index in [9.17, 15) is 18.0 Å². The number of carbonyl (C=O) groups is 1. The number of rotatable bonds is 4. The molecule has 27 heavy (non-hydrogen) atoms. The van der Waals surface area contributed by atoms with Crippen molar-refractivity contribution in [3.63, 3.8) is 0 Å². The van der Waals surface area contributed by atoms with Crippen LogP contribution in [0.1, 0.15) is 35.7 Å². The van der Waals surface area contributed by atoms with Crippen molar-refractivity contribution in [2.45, 2.75) is 38.4 Å². The Bertz CT molecular complexity index is 1040. The van der Waals surface area contributed by atoms with Gasteiger partial charge >= 0.3 is 6.18 Å². The molecule has 1 fully saturated rings. The fraction of sp³-hybridized carbons (Fsp3) is 0.353. The highest BCUT2D eigenvalue weighted by molar-refractivity contribution is 9.10. The number of hydrogen-bond acceptors (Lipinski definition) is 4. The number of aryl methyl sites for hydroxylation is 1. The summed E-state index contributed by atoms with van der Waals surface area (Å²) in [5, 5.41) is 6.72. The molecule has 0 unspecified atom stereocenters. The van der Waals surface area contributed by atoms with E-state index in [0.717, 1.165) is 33.3 Å². The predicted molar refractivity (Wildman–Crippen MR) is 99.9 cm³/mol. The molecule has 0 atom stereocenters. The first-order chi connectivity index (χ1) is 12.7. The molecule has 1 aromatic carbocycles. The van der Waals surface area contributed by atoms with Gasteiger partial charge in [-0.2, -0.15) is 18.3 Å². The number of nitrogens with zero attached hydrogens (tertiary/aromatic N) is 3. The first kappa shape index (κ1) is 18.4. The largest absolute Gasteiger partial charge is 0.436 e. The summed E-state index contributed by atoms with van der Waals surface area (Å²) in [5.74, 6) is -0.461. The van der Waals surface area contributed by atoms with Crippen LogP contribution in [0.2, 0.25) is 0 Å². The van der Waals surface area contributed by atoms with Crippen molar-refractivity contribution in [1.29, 1.82) is 0 Å². The molecule has 0 spiro atoms. The molecule has 1 N–H and O–H groups in total. The zero-order valence-electron chi connectivity index (χ0n) is 14.1. The number of hydrogen-bond donors (Lipinski definition) is 1. The van der Waals surface area contributed by atoms with E-state index < -0.39 is 17.8 Å². The van der Waals surface area contributed by atoms with Crippen LogP contribution in [0, 0.1) is 6.92 Å². The first-order valence-corrected chi connectivity index (χ1v) is 9.84. The van der Waals surface area contributed by atoms with Gasteiger partial charge in [0.25, 0.3) is 0 Å². The molecular formula is C17H14BrF3N4OS. The maximum atomic E-state index is 13.1. The highest BCUT2D eigenvalue weighted by atomic mass is 79.9. The Labute approximate surface area is 164 Å². The molecule has 10 heteroatoms. The standard InChI is InChI=1S/C17H14BrF3N4OS/c1-8-2-5-10-11(6-8)27-16(22-10)23-12(26)7-25-14(9-3-4-9)13(18)15(24-25)17(19,20)21/h2,5-6,9H,3-4,7H2,1H3,(H,22,23,26). The van der Waals surface area contributed by atoms with E-state index in [1.165, 1.54) is 11.3 Å². The van der Waals surface area contributed by atoms with Crippen molar-refractivity contribution in [2.75, 3.05) is 5.32 Å². The molecule has 1 aliphatic carbocycles. The molecule has 4 rings (SSSR count). The summed E-state index contributed by atoms with van der Waals surface area (Å²) in [4.78, 5) is 16.7. The summed E-state index contributed by atoms with van der Waals surface area (Å²) in [6, 6.07) is 5.76. The quantitative estimate of drug-likeness (QED) is 0.591. The van der Waals surface area contributed by atoms with Gasteiger partial charge in [-0.25, -0.2) is 4.98 Å². The summed E-state index contributed by atoms with van der Waals surface area (Å²) in [7, 11) is 0. The number of carbonyl (C=O) groups excluding carboxylic acids is 1. The van der Waals surface area contributed by atoms with Gasteiger partial charge in [0.1, 0.15) is 6.54 Å². The average Bonchev–Trinajstić information content (AvgIpc) is 3.22. The van der Waals surface area contributed by atoms with Crippen LogP contribution in [0.15, 0.2) is 22.7 Å². The van der Waals surface area contributed by atoms with Gasteiger partial charge in [-0.05, 0) is 53.4 Å². The van der Waals surface area contributed by atoms with Crippen LogP contribution in [-0.2, 0) is 17.5 Å². The van der Waals surface area contributed by atoms with Crippen LogP contribution >= 0.6 is 27.3 Å². The Morgan fingerprint density at radius 1 is 1.41 bits per heavy atom. The van der Waals surface area contributed by atoms with Gasteiger partial charge < -0.3 is 5.32 Å². The summed E-state index contributed by atoms with van der Waals surface area (Å²) in [5.41, 5.74) is 1.28. The van der Waals surface area contributed by atoms with Gasteiger partial charge in [-0.1, -0.05) is 17.4 Å². The number of anilines is 1. The van der Waals surface area contributed by atoms with Crippen LogP contribution in [0.25, 0.3) is 10.2 Å². The summed E-state index contributed by atoms with van der Waals surface area (Å²) < 4.78 is 41.5. The number of aromatic nitrogens is 3. The van der Waals surface area contributed by atoms with Crippen molar-refractivity contribution in [1.82, 2.24) is 14.8 Å². The molecule has 3 aromatic rings. The lowest BCUT2D eigenvalue weighted by Crippen LogP contribution is -2.21. The van der Waals surface area contributed by atoms with E-state index >= 15 is 0 Å². The number of halogens is 4. The molecular weight excluding hydrogens is 445 g/mol. The minimum atomic E-state index is -4.57. The van der Waals surface area contributed by atoms with Crippen molar-refractivity contribution in [3.8, 4) is 0 Å². The van der Waals surface area contributed by atoms with Gasteiger partial charge in [0.05, 0.1) is 20.4 Å². The molecule has 142 valence electrons. The number of fused-ring (bicyclic) bond motifs is 1. The number of nitrogens with one attached hydrogen (secondary N) is 1. The Hall–Kier alpha value is -1.94. The summed E-state index contributed by atoms with van der Waals surface area (Å²) >= 11 is 4.34. The second-order valence-electron chi connectivity index (χ2n) is 6.52. The number of alkyl halides is 3. The number of amides is 1. The van der Waals surface area contributed by atoms with Crippen LogP contribution in [0.4, 0.5) is 18.3 Å². The molecule has 2 heterocycles. The summed E-state index contributed by atoms with van der Waals surface area (Å²) in [6.45, 7) is 1.67. The Morgan fingerprint density at radius 2 is 2.15 bits per heavy atom. The lowest BCUT2D eigenvalue weighted by molar-refractivity contribution is -0.142. The molecule has 0 radical (unpaired) electrons. The maximum Gasteiger partial charge on any atom is 0.436 e. The fourth-order valence-corrected chi connectivity index (χ4v) is 4.69. The van der Waals surface area contributed by atoms with E-state index in [-0.39, 0.29) is 16.9 Å². The van der Waals surface area contributed by atoms with Gasteiger partial charge in [0, 0.05) is 5.92 Å². The van der Waals surface area contributed by atoms with E-state index in [1.807, 2.05) is 25.1 Å². The van der Waals surface area contributed by atoms with E-state index in [0.29, 0.717) is 10.8 Å². The van der Waals surface area contributed by atoms with Gasteiger partial charge in [0.2, 0.25) is 5.91 Å². The first-order valence-electron chi connectivity index (χ1n) is 8.23. The van der Waals surface area contributed by atoms with Gasteiger partial charge in [-0.3, -0.25) is 9.48 Å². The van der Waals surface area contributed by atoms with Crippen molar-refractivity contribution in [2.24, 2.45) is 0 Å². The minimum absolute atomic E-state index is 0.00111. The van der Waals surface area contributed by atoms with Crippen molar-refractivity contribution < 1.29 is 18.0 Å². The Morgan fingerprint density at radius 3 is 2.81 bits per heavy atom. The molecule has 0 saturated heterocycles. The average molecular weight is 459 g/mol.